The van der Waals surface area contributed by atoms with Crippen LogP contribution in [0.1, 0.15) is 34.1 Å². The molecule has 0 aliphatic carbocycles. The van der Waals surface area contributed by atoms with Crippen molar-refractivity contribution in [1.82, 2.24) is 0 Å². The maximum absolute atomic E-state index is 6.40. The van der Waals surface area contributed by atoms with E-state index in [-0.39, 0.29) is 5.41 Å². The first-order valence-electron chi connectivity index (χ1n) is 5.12. The highest BCUT2D eigenvalue weighted by Crippen LogP contribution is 2.65. The molecular weight excluding hydrogens is 231 g/mol. The van der Waals surface area contributed by atoms with Crippen molar-refractivity contribution in [3.05, 3.63) is 12.7 Å². The molecular formula is C11H20Cl2Si. The molecule has 0 N–H and O–H groups in total. The van der Waals surface area contributed by atoms with Gasteiger partial charge in [0.05, 0.1) is 0 Å². The first-order chi connectivity index (χ1) is 6.11. The summed E-state index contributed by atoms with van der Waals surface area (Å²) in [5.74, 6) is 0. The Morgan fingerprint density at radius 2 is 2.00 bits per heavy atom. The molecule has 0 bridgehead atoms. The Hall–Kier alpha value is 0.537. The van der Waals surface area contributed by atoms with Gasteiger partial charge in [0.2, 0.25) is 0 Å². The molecule has 1 saturated heterocycles. The summed E-state index contributed by atoms with van der Waals surface area (Å²) in [5, 5.41) is 0. The lowest BCUT2D eigenvalue weighted by Crippen LogP contribution is -2.52. The van der Waals surface area contributed by atoms with Crippen LogP contribution in [0.15, 0.2) is 12.7 Å². The maximum atomic E-state index is 6.40. The van der Waals surface area contributed by atoms with Crippen molar-refractivity contribution < 1.29 is 0 Å². The zero-order valence-electron chi connectivity index (χ0n) is 9.53. The van der Waals surface area contributed by atoms with E-state index >= 15 is 0 Å². The van der Waals surface area contributed by atoms with Crippen molar-refractivity contribution in [2.24, 2.45) is 10.8 Å². The summed E-state index contributed by atoms with van der Waals surface area (Å²) in [5.41, 5.74) is 0.955. The van der Waals surface area contributed by atoms with Gasteiger partial charge >= 0.3 is 0 Å². The fourth-order valence-corrected chi connectivity index (χ4v) is 9.39. The third-order valence-electron chi connectivity index (χ3n) is 3.21. The van der Waals surface area contributed by atoms with Crippen LogP contribution in [0.2, 0.25) is 11.6 Å². The van der Waals surface area contributed by atoms with E-state index in [0.29, 0.717) is 11.0 Å². The topological polar surface area (TPSA) is 0 Å². The van der Waals surface area contributed by atoms with Crippen molar-refractivity contribution in [1.29, 1.82) is 0 Å². The second-order valence-electron chi connectivity index (χ2n) is 5.97. The predicted molar refractivity (Wildman–Crippen MR) is 68.4 cm³/mol. The molecule has 1 rings (SSSR count). The highest BCUT2D eigenvalue weighted by molar-refractivity contribution is 7.47. The molecule has 1 heterocycles. The second kappa shape index (κ2) is 3.53. The lowest BCUT2D eigenvalue weighted by molar-refractivity contribution is 0.266. The normalized spacial score (nSPS) is 36.3. The van der Waals surface area contributed by atoms with Crippen LogP contribution in [0.4, 0.5) is 0 Å². The lowest BCUT2D eigenvalue weighted by atomic mass is 9.78. The van der Waals surface area contributed by atoms with Crippen molar-refractivity contribution in [2.75, 3.05) is 0 Å². The number of hydrogen-bond donors (Lipinski definition) is 0. The van der Waals surface area contributed by atoms with E-state index in [9.17, 15) is 0 Å². The number of halogens is 2. The Morgan fingerprint density at radius 3 is 2.29 bits per heavy atom. The molecule has 0 nitrogen and oxygen atoms in total. The molecule has 0 aromatic heterocycles. The molecule has 2 unspecified atom stereocenters. The van der Waals surface area contributed by atoms with Crippen molar-refractivity contribution in [3.63, 3.8) is 0 Å². The number of allylic oxidation sites excluding steroid dienone is 1. The first kappa shape index (κ1) is 12.6. The molecule has 2 atom stereocenters. The Bertz CT molecular complexity index is 242. The standard InChI is InChI=1S/C11H20Cl2Si/c1-6-11(5)8-14(12,13)9(11)7-10(2,3)4/h6,9H,1,7-8H2,2-5H3. The van der Waals surface area contributed by atoms with Gasteiger partial charge in [0.1, 0.15) is 0 Å². The smallest absolute Gasteiger partial charge is 0.145 e. The Balaban J connectivity index is 2.78. The van der Waals surface area contributed by atoms with E-state index in [1.54, 1.807) is 0 Å². The molecule has 0 spiro atoms. The van der Waals surface area contributed by atoms with E-state index in [2.05, 4.69) is 34.3 Å². The van der Waals surface area contributed by atoms with Crippen LogP contribution in [0, 0.1) is 10.8 Å². The molecule has 0 radical (unpaired) electrons. The van der Waals surface area contributed by atoms with E-state index in [1.807, 2.05) is 6.08 Å². The fraction of sp³-hybridized carbons (Fsp3) is 0.818. The zero-order valence-corrected chi connectivity index (χ0v) is 12.0. The van der Waals surface area contributed by atoms with Crippen molar-refractivity contribution in [3.8, 4) is 0 Å². The van der Waals surface area contributed by atoms with Gasteiger partial charge in [0, 0.05) is 0 Å². The predicted octanol–water partition coefficient (Wildman–Crippen LogP) is 4.92. The average Bonchev–Trinajstić information content (AvgIpc) is 1.98. The third-order valence-corrected chi connectivity index (χ3v) is 8.70. The molecule has 1 aliphatic rings. The second-order valence-corrected chi connectivity index (χ2v) is 13.2. The average molecular weight is 251 g/mol. The molecule has 1 fully saturated rings. The van der Waals surface area contributed by atoms with Crippen LogP contribution in [0.5, 0.6) is 0 Å². The summed E-state index contributed by atoms with van der Waals surface area (Å²) < 4.78 is 0. The minimum atomic E-state index is -1.97. The van der Waals surface area contributed by atoms with E-state index in [4.69, 9.17) is 22.2 Å². The minimum Gasteiger partial charge on any atom is -0.145 e. The van der Waals surface area contributed by atoms with Gasteiger partial charge in [-0.05, 0) is 28.8 Å². The molecule has 82 valence electrons. The molecule has 0 saturated carbocycles. The van der Waals surface area contributed by atoms with Crippen LogP contribution in [0.25, 0.3) is 0 Å². The van der Waals surface area contributed by atoms with E-state index in [0.717, 1.165) is 12.5 Å². The lowest BCUT2D eigenvalue weighted by Gasteiger charge is -2.54. The quantitative estimate of drug-likeness (QED) is 0.371. The van der Waals surface area contributed by atoms with Crippen molar-refractivity contribution >= 4 is 28.9 Å². The van der Waals surface area contributed by atoms with E-state index < -0.39 is 6.69 Å². The number of hydrogen-bond acceptors (Lipinski definition) is 0. The molecule has 3 heteroatoms. The summed E-state index contributed by atoms with van der Waals surface area (Å²) in [6, 6.07) is 0.966. The van der Waals surface area contributed by atoms with Crippen LogP contribution in [0.3, 0.4) is 0 Å². The molecule has 0 amide bonds. The summed E-state index contributed by atoms with van der Waals surface area (Å²) in [7, 11) is 0. The van der Waals surface area contributed by atoms with Crippen LogP contribution < -0.4 is 0 Å². The van der Waals surface area contributed by atoms with Gasteiger partial charge in [-0.3, -0.25) is 0 Å². The third kappa shape index (κ3) is 2.37. The van der Waals surface area contributed by atoms with Gasteiger partial charge in [0.25, 0.3) is 6.69 Å². The summed E-state index contributed by atoms with van der Waals surface area (Å²) in [6.07, 6.45) is 3.15. The largest absolute Gasteiger partial charge is 0.256 e. The van der Waals surface area contributed by atoms with Crippen LogP contribution >= 0.6 is 22.2 Å². The summed E-state index contributed by atoms with van der Waals surface area (Å²) in [6.45, 7) is 10.9. The van der Waals surface area contributed by atoms with Crippen molar-refractivity contribution in [2.45, 2.75) is 45.7 Å². The minimum absolute atomic E-state index is 0.184. The van der Waals surface area contributed by atoms with Crippen LogP contribution in [-0.4, -0.2) is 6.69 Å². The van der Waals surface area contributed by atoms with Gasteiger partial charge in [0.15, 0.2) is 0 Å². The highest BCUT2D eigenvalue weighted by Gasteiger charge is 2.60. The molecule has 0 aromatic rings. The van der Waals surface area contributed by atoms with Gasteiger partial charge in [-0.2, -0.15) is 0 Å². The molecule has 0 aromatic carbocycles. The zero-order chi connectivity index (χ0) is 11.2. The Morgan fingerprint density at radius 1 is 1.50 bits per heavy atom. The highest BCUT2D eigenvalue weighted by atomic mass is 35.7. The van der Waals surface area contributed by atoms with Crippen LogP contribution in [-0.2, 0) is 0 Å². The Kier molecular flexibility index (Phi) is 3.18. The fourth-order valence-electron chi connectivity index (χ4n) is 2.31. The van der Waals surface area contributed by atoms with E-state index in [1.165, 1.54) is 0 Å². The summed E-state index contributed by atoms with van der Waals surface area (Å²) in [4.78, 5) is 0. The molecule has 1 aliphatic heterocycles. The number of rotatable bonds is 2. The maximum Gasteiger partial charge on any atom is 0.256 e. The molecule has 14 heavy (non-hydrogen) atoms. The summed E-state index contributed by atoms with van der Waals surface area (Å²) >= 11 is 12.8. The van der Waals surface area contributed by atoms with Gasteiger partial charge in [-0.15, -0.1) is 28.7 Å². The van der Waals surface area contributed by atoms with Gasteiger partial charge in [-0.1, -0.05) is 33.8 Å². The van der Waals surface area contributed by atoms with Gasteiger partial charge in [-0.25, -0.2) is 0 Å². The Labute approximate surface area is 98.1 Å². The first-order valence-corrected chi connectivity index (χ1v) is 9.43. The monoisotopic (exact) mass is 250 g/mol. The van der Waals surface area contributed by atoms with Gasteiger partial charge < -0.3 is 0 Å². The SMILES string of the molecule is C=CC1(C)C[Si](Cl)(Cl)C1CC(C)(C)C.